The van der Waals surface area contributed by atoms with Crippen LogP contribution in [0.2, 0.25) is 0 Å². The minimum atomic E-state index is -0.472. The number of carbonyl (C=O) groups excluding carboxylic acids is 1. The summed E-state index contributed by atoms with van der Waals surface area (Å²) in [5.41, 5.74) is 2.03. The predicted octanol–water partition coefficient (Wildman–Crippen LogP) is 4.63. The average molecular weight is 382 g/mol. The van der Waals surface area contributed by atoms with Gasteiger partial charge in [-0.1, -0.05) is 22.0 Å². The van der Waals surface area contributed by atoms with Gasteiger partial charge in [0.15, 0.2) is 0 Å². The molecule has 1 saturated carbocycles. The summed E-state index contributed by atoms with van der Waals surface area (Å²) in [4.78, 5) is 14.0. The van der Waals surface area contributed by atoms with E-state index in [1.807, 2.05) is 20.8 Å². The number of rotatable bonds is 2. The number of hydrogen-bond acceptors (Lipinski definition) is 3. The van der Waals surface area contributed by atoms with Crippen LogP contribution in [0.25, 0.3) is 0 Å². The molecule has 2 aliphatic rings. The Hall–Kier alpha value is -1.07. The minimum Gasteiger partial charge on any atom is -0.444 e. The second-order valence-corrected chi connectivity index (χ2v) is 8.29. The van der Waals surface area contributed by atoms with Crippen molar-refractivity contribution in [1.82, 2.24) is 4.90 Å². The highest BCUT2D eigenvalue weighted by Gasteiger charge is 2.30. The van der Waals surface area contributed by atoms with E-state index in [0.29, 0.717) is 25.6 Å². The average Bonchev–Trinajstić information content (AvgIpc) is 3.29. The largest absolute Gasteiger partial charge is 0.444 e. The molecular formula is C18H24BrNO3. The van der Waals surface area contributed by atoms with Crippen LogP contribution in [0, 0.1) is 0 Å². The summed E-state index contributed by atoms with van der Waals surface area (Å²) < 4.78 is 12.5. The van der Waals surface area contributed by atoms with E-state index in [4.69, 9.17) is 9.47 Å². The molecule has 126 valence electrons. The highest BCUT2D eigenvalue weighted by molar-refractivity contribution is 9.10. The van der Waals surface area contributed by atoms with Crippen molar-refractivity contribution in [3.8, 4) is 0 Å². The Balaban J connectivity index is 1.72. The highest BCUT2D eigenvalue weighted by Crippen LogP contribution is 2.42. The van der Waals surface area contributed by atoms with Crippen LogP contribution in [0.15, 0.2) is 22.7 Å². The summed E-state index contributed by atoms with van der Waals surface area (Å²) in [5.74, 6) is 0.691. The van der Waals surface area contributed by atoms with Crippen molar-refractivity contribution >= 4 is 22.0 Å². The summed E-state index contributed by atoms with van der Waals surface area (Å²) in [7, 11) is 0. The van der Waals surface area contributed by atoms with Gasteiger partial charge in [0.05, 0.1) is 13.2 Å². The Labute approximate surface area is 146 Å². The second-order valence-electron chi connectivity index (χ2n) is 7.38. The van der Waals surface area contributed by atoms with Crippen LogP contribution in [0.5, 0.6) is 0 Å². The molecule has 1 aromatic rings. The smallest absolute Gasteiger partial charge is 0.410 e. The molecule has 0 radical (unpaired) electrons. The molecule has 1 atom stereocenters. The molecule has 1 heterocycles. The van der Waals surface area contributed by atoms with E-state index in [2.05, 4.69) is 34.1 Å². The standard InChI is InChI=1S/C18H24BrNO3/c1-18(2,3)23-17(21)20-6-7-22-16(11-20)14-8-13(12-4-5-12)9-15(19)10-14/h8-10,12,16H,4-7,11H2,1-3H3. The van der Waals surface area contributed by atoms with Crippen molar-refractivity contribution in [3.63, 3.8) is 0 Å². The maximum absolute atomic E-state index is 12.3. The molecule has 23 heavy (non-hydrogen) atoms. The van der Waals surface area contributed by atoms with Crippen LogP contribution in [0.1, 0.15) is 56.8 Å². The van der Waals surface area contributed by atoms with Crippen molar-refractivity contribution in [2.45, 2.75) is 51.2 Å². The Kier molecular flexibility index (Phi) is 4.70. The van der Waals surface area contributed by atoms with Crippen molar-refractivity contribution < 1.29 is 14.3 Å². The fraction of sp³-hybridized carbons (Fsp3) is 0.611. The Bertz CT molecular complexity index is 592. The summed E-state index contributed by atoms with van der Waals surface area (Å²) in [5, 5.41) is 0. The maximum Gasteiger partial charge on any atom is 0.410 e. The fourth-order valence-electron chi connectivity index (χ4n) is 2.82. The zero-order valence-electron chi connectivity index (χ0n) is 14.0. The fourth-order valence-corrected chi connectivity index (χ4v) is 3.35. The first-order chi connectivity index (χ1) is 10.8. The molecule has 1 saturated heterocycles. The third-order valence-electron chi connectivity index (χ3n) is 4.08. The summed E-state index contributed by atoms with van der Waals surface area (Å²) in [6.45, 7) is 7.32. The van der Waals surface area contributed by atoms with E-state index < -0.39 is 5.60 Å². The lowest BCUT2D eigenvalue weighted by Gasteiger charge is -2.34. The van der Waals surface area contributed by atoms with E-state index >= 15 is 0 Å². The maximum atomic E-state index is 12.3. The summed E-state index contributed by atoms with van der Waals surface area (Å²) >= 11 is 3.60. The van der Waals surface area contributed by atoms with Gasteiger partial charge in [-0.25, -0.2) is 4.79 Å². The number of morpholine rings is 1. The lowest BCUT2D eigenvalue weighted by atomic mass is 10.0. The number of ether oxygens (including phenoxy) is 2. The van der Waals surface area contributed by atoms with Gasteiger partial charge in [-0.3, -0.25) is 0 Å². The van der Waals surface area contributed by atoms with Crippen molar-refractivity contribution in [2.75, 3.05) is 19.7 Å². The van der Waals surface area contributed by atoms with E-state index in [0.717, 1.165) is 10.0 Å². The number of carbonyl (C=O) groups is 1. The van der Waals surface area contributed by atoms with Crippen LogP contribution in [-0.4, -0.2) is 36.3 Å². The molecule has 0 bridgehead atoms. The van der Waals surface area contributed by atoms with Crippen LogP contribution < -0.4 is 0 Å². The van der Waals surface area contributed by atoms with Gasteiger partial charge < -0.3 is 14.4 Å². The Morgan fingerprint density at radius 1 is 1.26 bits per heavy atom. The molecule has 0 N–H and O–H groups in total. The molecule has 0 spiro atoms. The molecule has 1 aliphatic heterocycles. The van der Waals surface area contributed by atoms with Gasteiger partial charge in [0, 0.05) is 11.0 Å². The number of benzene rings is 1. The van der Waals surface area contributed by atoms with Gasteiger partial charge in [0.2, 0.25) is 0 Å². The molecule has 1 aliphatic carbocycles. The summed E-state index contributed by atoms with van der Waals surface area (Å²) in [6, 6.07) is 6.51. The summed E-state index contributed by atoms with van der Waals surface area (Å²) in [6.07, 6.45) is 2.19. The van der Waals surface area contributed by atoms with Crippen LogP contribution in [-0.2, 0) is 9.47 Å². The molecule has 2 fully saturated rings. The third kappa shape index (κ3) is 4.48. The number of hydrogen-bond donors (Lipinski definition) is 0. The Morgan fingerprint density at radius 2 is 1.96 bits per heavy atom. The van der Waals surface area contributed by atoms with E-state index in [9.17, 15) is 4.79 Å². The zero-order valence-corrected chi connectivity index (χ0v) is 15.6. The number of halogens is 1. The second kappa shape index (κ2) is 6.44. The van der Waals surface area contributed by atoms with Gasteiger partial charge >= 0.3 is 6.09 Å². The van der Waals surface area contributed by atoms with E-state index in [1.54, 1.807) is 4.90 Å². The monoisotopic (exact) mass is 381 g/mol. The molecule has 3 rings (SSSR count). The Morgan fingerprint density at radius 3 is 2.61 bits per heavy atom. The van der Waals surface area contributed by atoms with Crippen LogP contribution in [0.3, 0.4) is 0 Å². The minimum absolute atomic E-state index is 0.0914. The lowest BCUT2D eigenvalue weighted by Crippen LogP contribution is -2.44. The normalized spacial score (nSPS) is 22.1. The molecule has 1 unspecified atom stereocenters. The SMILES string of the molecule is CC(C)(C)OC(=O)N1CCOC(c2cc(Br)cc(C3CC3)c2)C1. The van der Waals surface area contributed by atoms with Crippen molar-refractivity contribution in [2.24, 2.45) is 0 Å². The van der Waals surface area contributed by atoms with Gasteiger partial charge in [0.1, 0.15) is 11.7 Å². The van der Waals surface area contributed by atoms with Gasteiger partial charge in [-0.15, -0.1) is 0 Å². The first-order valence-corrected chi connectivity index (χ1v) is 9.01. The van der Waals surface area contributed by atoms with E-state index in [1.165, 1.54) is 18.4 Å². The molecule has 5 heteroatoms. The van der Waals surface area contributed by atoms with Gasteiger partial charge in [0.25, 0.3) is 0 Å². The molecule has 1 aromatic carbocycles. The van der Waals surface area contributed by atoms with Gasteiger partial charge in [-0.05, 0) is 62.8 Å². The molecule has 0 aromatic heterocycles. The number of amides is 1. The van der Waals surface area contributed by atoms with E-state index in [-0.39, 0.29) is 12.2 Å². The molecule has 1 amide bonds. The topological polar surface area (TPSA) is 38.8 Å². The van der Waals surface area contributed by atoms with Crippen LogP contribution >= 0.6 is 15.9 Å². The van der Waals surface area contributed by atoms with Crippen molar-refractivity contribution in [3.05, 3.63) is 33.8 Å². The molecular weight excluding hydrogens is 358 g/mol. The van der Waals surface area contributed by atoms with Gasteiger partial charge in [-0.2, -0.15) is 0 Å². The third-order valence-corrected chi connectivity index (χ3v) is 4.54. The first-order valence-electron chi connectivity index (χ1n) is 8.22. The lowest BCUT2D eigenvalue weighted by molar-refractivity contribution is -0.0433. The highest BCUT2D eigenvalue weighted by atomic mass is 79.9. The zero-order chi connectivity index (χ0) is 16.6. The quantitative estimate of drug-likeness (QED) is 0.748. The van der Waals surface area contributed by atoms with Crippen molar-refractivity contribution in [1.29, 1.82) is 0 Å². The molecule has 4 nitrogen and oxygen atoms in total. The predicted molar refractivity (Wildman–Crippen MR) is 92.6 cm³/mol. The first kappa shape index (κ1) is 16.8. The number of nitrogens with zero attached hydrogens (tertiary/aromatic N) is 1. The van der Waals surface area contributed by atoms with Crippen LogP contribution in [0.4, 0.5) is 4.79 Å².